The maximum Gasteiger partial charge on any atom is 0.270 e. The molecule has 0 atom stereocenters. The molecular formula is C36H40FN5O3S. The summed E-state index contributed by atoms with van der Waals surface area (Å²) >= 11 is 1.44. The molecule has 0 radical (unpaired) electrons. The lowest BCUT2D eigenvalue weighted by atomic mass is 9.91. The third-order valence-electron chi connectivity index (χ3n) is 8.79. The molecule has 1 aliphatic heterocycles. The molecule has 2 aliphatic rings. The number of thiazole rings is 1. The van der Waals surface area contributed by atoms with Gasteiger partial charge in [0.2, 0.25) is 5.88 Å². The van der Waals surface area contributed by atoms with Gasteiger partial charge in [-0.05, 0) is 113 Å². The summed E-state index contributed by atoms with van der Waals surface area (Å²) in [4.78, 5) is 36.7. The van der Waals surface area contributed by atoms with Crippen molar-refractivity contribution in [2.24, 2.45) is 0 Å². The van der Waals surface area contributed by atoms with Crippen molar-refractivity contribution in [3.63, 3.8) is 0 Å². The smallest absolute Gasteiger partial charge is 0.270 e. The fraction of sp³-hybridized carbons (Fsp3) is 0.389. The topological polar surface area (TPSA) is 96.5 Å². The highest BCUT2D eigenvalue weighted by molar-refractivity contribution is 7.09. The van der Waals surface area contributed by atoms with Crippen molar-refractivity contribution in [2.75, 3.05) is 19.6 Å². The first kappa shape index (κ1) is 31.8. The molecule has 2 aromatic heterocycles. The van der Waals surface area contributed by atoms with E-state index in [4.69, 9.17) is 4.74 Å². The zero-order chi connectivity index (χ0) is 31.9. The third kappa shape index (κ3) is 8.35. The van der Waals surface area contributed by atoms with Gasteiger partial charge in [-0.1, -0.05) is 36.4 Å². The fourth-order valence-electron chi connectivity index (χ4n) is 6.27. The number of benzene rings is 2. The molecule has 4 aromatic rings. The summed E-state index contributed by atoms with van der Waals surface area (Å²) in [5.74, 6) is -0.677. The van der Waals surface area contributed by atoms with Crippen LogP contribution in [0.25, 0.3) is 11.1 Å². The van der Waals surface area contributed by atoms with Crippen LogP contribution < -0.4 is 15.4 Å². The molecule has 1 saturated heterocycles. The van der Waals surface area contributed by atoms with Crippen LogP contribution in [-0.4, -0.2) is 58.4 Å². The maximum absolute atomic E-state index is 14.3. The molecule has 1 aliphatic carbocycles. The van der Waals surface area contributed by atoms with E-state index in [0.717, 1.165) is 60.6 Å². The van der Waals surface area contributed by atoms with E-state index in [9.17, 15) is 14.0 Å². The summed E-state index contributed by atoms with van der Waals surface area (Å²) in [6, 6.07) is 17.3. The van der Waals surface area contributed by atoms with Gasteiger partial charge in [-0.15, -0.1) is 11.3 Å². The molecule has 1 saturated carbocycles. The number of halogens is 1. The number of nitrogens with zero attached hydrogens (tertiary/aromatic N) is 3. The molecule has 6 rings (SSSR count). The Hall–Kier alpha value is -4.15. The van der Waals surface area contributed by atoms with Crippen molar-refractivity contribution < 1.29 is 18.7 Å². The average molecular weight is 642 g/mol. The minimum absolute atomic E-state index is 0.0145. The van der Waals surface area contributed by atoms with Crippen LogP contribution in [0.4, 0.5) is 4.39 Å². The van der Waals surface area contributed by atoms with Crippen molar-refractivity contribution in [2.45, 2.75) is 70.4 Å². The molecule has 8 nitrogen and oxygen atoms in total. The zero-order valence-electron chi connectivity index (χ0n) is 26.1. The quantitative estimate of drug-likeness (QED) is 0.184. The van der Waals surface area contributed by atoms with E-state index in [-0.39, 0.29) is 29.4 Å². The van der Waals surface area contributed by atoms with Gasteiger partial charge in [-0.2, -0.15) is 0 Å². The summed E-state index contributed by atoms with van der Waals surface area (Å²) < 4.78 is 20.3. The van der Waals surface area contributed by atoms with Crippen molar-refractivity contribution in [1.29, 1.82) is 0 Å². The van der Waals surface area contributed by atoms with Crippen molar-refractivity contribution in [1.82, 2.24) is 25.5 Å². The summed E-state index contributed by atoms with van der Waals surface area (Å²) in [5.41, 5.74) is 3.84. The van der Waals surface area contributed by atoms with Gasteiger partial charge in [0, 0.05) is 17.5 Å². The number of pyridine rings is 1. The Bertz CT molecular complexity index is 1650. The highest BCUT2D eigenvalue weighted by atomic mass is 32.1. The zero-order valence-corrected chi connectivity index (χ0v) is 27.0. The van der Waals surface area contributed by atoms with Gasteiger partial charge in [-0.3, -0.25) is 9.59 Å². The lowest BCUT2D eigenvalue weighted by Gasteiger charge is -2.29. The highest BCUT2D eigenvalue weighted by Gasteiger charge is 2.26. The van der Waals surface area contributed by atoms with Gasteiger partial charge in [0.15, 0.2) is 0 Å². The molecule has 2 N–H and O–H groups in total. The molecule has 3 heterocycles. The molecule has 2 aromatic carbocycles. The number of carbonyl (C=O) groups excluding carboxylic acids is 2. The Morgan fingerprint density at radius 3 is 2.37 bits per heavy atom. The molecule has 0 unspecified atom stereocenters. The van der Waals surface area contributed by atoms with Crippen LogP contribution in [0.15, 0.2) is 66.2 Å². The van der Waals surface area contributed by atoms with Crippen molar-refractivity contribution in [3.05, 3.63) is 93.8 Å². The summed E-state index contributed by atoms with van der Waals surface area (Å²) in [7, 11) is 0. The SMILES string of the molecule is Cc1nc(C(=O)N[C@H]2CC[C@H](NC(=O)c3cc(F)cnc3Oc3cccc(-c4ccc(CCCN5CCCC5)cc4)c3)CC2)cs1. The third-order valence-corrected chi connectivity index (χ3v) is 9.56. The number of amides is 2. The van der Waals surface area contributed by atoms with E-state index < -0.39 is 11.7 Å². The van der Waals surface area contributed by atoms with E-state index in [1.54, 1.807) is 11.4 Å². The van der Waals surface area contributed by atoms with E-state index in [1.165, 1.54) is 42.8 Å². The van der Waals surface area contributed by atoms with E-state index in [0.29, 0.717) is 24.3 Å². The van der Waals surface area contributed by atoms with Crippen molar-refractivity contribution in [3.8, 4) is 22.8 Å². The Labute approximate surface area is 273 Å². The van der Waals surface area contributed by atoms with Gasteiger partial charge in [0.1, 0.15) is 22.8 Å². The number of rotatable bonds is 11. The van der Waals surface area contributed by atoms with Crippen LogP contribution >= 0.6 is 11.3 Å². The van der Waals surface area contributed by atoms with Gasteiger partial charge in [0.25, 0.3) is 11.8 Å². The molecule has 240 valence electrons. The number of nitrogens with one attached hydrogen (secondary N) is 2. The van der Waals surface area contributed by atoms with Crippen LogP contribution in [0.3, 0.4) is 0 Å². The lowest BCUT2D eigenvalue weighted by molar-refractivity contribution is 0.0888. The number of ether oxygens (including phenoxy) is 1. The minimum Gasteiger partial charge on any atom is -0.438 e. The van der Waals surface area contributed by atoms with Crippen LogP contribution in [0.1, 0.15) is 76.4 Å². The first-order valence-corrected chi connectivity index (χ1v) is 17.1. The van der Waals surface area contributed by atoms with Crippen LogP contribution in [0, 0.1) is 12.7 Å². The Morgan fingerprint density at radius 1 is 0.957 bits per heavy atom. The first-order chi connectivity index (χ1) is 22.4. The number of hydrogen-bond acceptors (Lipinski definition) is 7. The summed E-state index contributed by atoms with van der Waals surface area (Å²) in [5, 5.41) is 8.67. The minimum atomic E-state index is -0.615. The standard InChI is InChI=1S/C36H40FN5O3S/c1-24-39-33(23-46-24)35(44)41-30-15-13-29(14-16-30)40-34(43)32-21-28(37)22-38-36(32)45-31-8-4-7-27(20-31)26-11-9-25(10-12-26)6-5-19-42-17-2-3-18-42/h4,7-12,20-23,29-30H,2-3,5-6,13-19H2,1H3,(H,40,43)(H,41,44)/t29-,30-. The predicted octanol–water partition coefficient (Wildman–Crippen LogP) is 6.94. The van der Waals surface area contributed by atoms with Gasteiger partial charge in [0.05, 0.1) is 11.2 Å². The van der Waals surface area contributed by atoms with Gasteiger partial charge < -0.3 is 20.3 Å². The monoisotopic (exact) mass is 641 g/mol. The van der Waals surface area contributed by atoms with E-state index in [2.05, 4.69) is 49.8 Å². The van der Waals surface area contributed by atoms with Crippen LogP contribution in [0.2, 0.25) is 0 Å². The number of carbonyl (C=O) groups is 2. The maximum atomic E-state index is 14.3. The number of hydrogen-bond donors (Lipinski definition) is 2. The van der Waals surface area contributed by atoms with E-state index in [1.807, 2.05) is 25.1 Å². The molecule has 2 amide bonds. The van der Waals surface area contributed by atoms with Crippen LogP contribution in [0.5, 0.6) is 11.6 Å². The molecule has 46 heavy (non-hydrogen) atoms. The molecule has 2 fully saturated rings. The highest BCUT2D eigenvalue weighted by Crippen LogP contribution is 2.29. The molecular weight excluding hydrogens is 601 g/mol. The van der Waals surface area contributed by atoms with Crippen LogP contribution in [-0.2, 0) is 6.42 Å². The second kappa shape index (κ2) is 15.0. The molecule has 0 bridgehead atoms. The van der Waals surface area contributed by atoms with Crippen molar-refractivity contribution >= 4 is 23.2 Å². The summed E-state index contributed by atoms with van der Waals surface area (Å²) in [6.07, 6.45) is 8.73. The number of aromatic nitrogens is 2. The largest absolute Gasteiger partial charge is 0.438 e. The normalized spacial score (nSPS) is 18.3. The van der Waals surface area contributed by atoms with Gasteiger partial charge in [-0.25, -0.2) is 14.4 Å². The Balaban J connectivity index is 1.04. The second-order valence-corrected chi connectivity index (χ2v) is 13.3. The summed E-state index contributed by atoms with van der Waals surface area (Å²) in [6.45, 7) is 5.49. The molecule has 10 heteroatoms. The average Bonchev–Trinajstić information content (AvgIpc) is 3.75. The number of likely N-dealkylation sites (tertiary alicyclic amines) is 1. The fourth-order valence-corrected chi connectivity index (χ4v) is 6.86. The molecule has 0 spiro atoms. The Morgan fingerprint density at radius 2 is 1.67 bits per heavy atom. The number of aryl methyl sites for hydroxylation is 2. The second-order valence-electron chi connectivity index (χ2n) is 12.2. The lowest BCUT2D eigenvalue weighted by Crippen LogP contribution is -2.44. The van der Waals surface area contributed by atoms with E-state index >= 15 is 0 Å². The van der Waals surface area contributed by atoms with Gasteiger partial charge >= 0.3 is 0 Å². The first-order valence-electron chi connectivity index (χ1n) is 16.2. The predicted molar refractivity (Wildman–Crippen MR) is 178 cm³/mol. The Kier molecular flexibility index (Phi) is 10.3.